The van der Waals surface area contributed by atoms with Gasteiger partial charge in [0.15, 0.2) is 11.7 Å². The molecular formula is C20H28N4O4S. The lowest BCUT2D eigenvalue weighted by molar-refractivity contribution is -0.137. The second-order valence-corrected chi connectivity index (χ2v) is 7.37. The summed E-state index contributed by atoms with van der Waals surface area (Å²) in [6.07, 6.45) is 2.39. The Kier molecular flexibility index (Phi) is 8.21. The van der Waals surface area contributed by atoms with Gasteiger partial charge in [0.05, 0.1) is 25.0 Å². The fraction of sp³-hybridized carbons (Fsp3) is 0.550. The molecule has 2 saturated heterocycles. The summed E-state index contributed by atoms with van der Waals surface area (Å²) in [5.41, 5.74) is 4.59. The molecule has 0 saturated carbocycles. The molecule has 0 aliphatic carbocycles. The fourth-order valence-electron chi connectivity index (χ4n) is 3.09. The molecule has 1 aromatic carbocycles. The molecule has 1 aromatic rings. The normalized spacial score (nSPS) is 19.7. The first-order valence-corrected chi connectivity index (χ1v) is 10.3. The number of thiocarbonyl (C=S) groups is 1. The van der Waals surface area contributed by atoms with Gasteiger partial charge in [-0.05, 0) is 61.8 Å². The Morgan fingerprint density at radius 1 is 1.28 bits per heavy atom. The molecule has 0 radical (unpaired) electrons. The molecule has 2 N–H and O–H groups in total. The van der Waals surface area contributed by atoms with Crippen molar-refractivity contribution in [3.63, 3.8) is 0 Å². The minimum absolute atomic E-state index is 0.0247. The monoisotopic (exact) mass is 420 g/mol. The smallest absolute Gasteiger partial charge is 0.260 e. The lowest BCUT2D eigenvalue weighted by atomic mass is 10.1. The second kappa shape index (κ2) is 11.1. The molecule has 0 unspecified atom stereocenters. The first kappa shape index (κ1) is 21.5. The summed E-state index contributed by atoms with van der Waals surface area (Å²) in [6, 6.07) is 7.46. The molecule has 2 aliphatic heterocycles. The first-order chi connectivity index (χ1) is 14.1. The van der Waals surface area contributed by atoms with E-state index in [9.17, 15) is 4.79 Å². The number of nitrogens with zero attached hydrogens (tertiary/aromatic N) is 2. The summed E-state index contributed by atoms with van der Waals surface area (Å²) >= 11 is 5.24. The quantitative estimate of drug-likeness (QED) is 0.391. The van der Waals surface area contributed by atoms with Crippen molar-refractivity contribution < 1.29 is 19.0 Å². The van der Waals surface area contributed by atoms with Gasteiger partial charge in [0.25, 0.3) is 5.91 Å². The molecule has 2 fully saturated rings. The molecule has 2 aliphatic rings. The topological polar surface area (TPSA) is 84.4 Å². The number of ether oxygens (including phenoxy) is 3. The zero-order chi connectivity index (χ0) is 20.5. The van der Waals surface area contributed by atoms with Gasteiger partial charge in [-0.25, -0.2) is 0 Å². The van der Waals surface area contributed by atoms with E-state index in [0.717, 1.165) is 30.7 Å². The lowest BCUT2D eigenvalue weighted by Gasteiger charge is -2.26. The Morgan fingerprint density at radius 3 is 2.72 bits per heavy atom. The highest BCUT2D eigenvalue weighted by Crippen LogP contribution is 2.13. The van der Waals surface area contributed by atoms with Crippen LogP contribution in [0.2, 0.25) is 0 Å². The molecule has 29 heavy (non-hydrogen) atoms. The summed E-state index contributed by atoms with van der Waals surface area (Å²) in [5.74, 6) is 0.619. The highest BCUT2D eigenvalue weighted by Gasteiger charge is 2.17. The van der Waals surface area contributed by atoms with E-state index in [2.05, 4.69) is 15.8 Å². The predicted molar refractivity (Wildman–Crippen MR) is 114 cm³/mol. The van der Waals surface area contributed by atoms with Crippen LogP contribution < -0.4 is 15.5 Å². The summed E-state index contributed by atoms with van der Waals surface area (Å²) in [7, 11) is 0. The number of amides is 1. The first-order valence-electron chi connectivity index (χ1n) is 9.90. The van der Waals surface area contributed by atoms with E-state index in [0.29, 0.717) is 43.7 Å². The van der Waals surface area contributed by atoms with Crippen LogP contribution in [0, 0.1) is 0 Å². The highest BCUT2D eigenvalue weighted by atomic mass is 32.1. The summed E-state index contributed by atoms with van der Waals surface area (Å²) < 4.78 is 16.4. The second-order valence-electron chi connectivity index (χ2n) is 6.96. The van der Waals surface area contributed by atoms with E-state index in [1.807, 2.05) is 31.2 Å². The third kappa shape index (κ3) is 6.95. The van der Waals surface area contributed by atoms with Crippen molar-refractivity contribution in [3.05, 3.63) is 29.8 Å². The Labute approximate surface area is 176 Å². The number of hydrogen-bond donors (Lipinski definition) is 2. The predicted octanol–water partition coefficient (Wildman–Crippen LogP) is 1.29. The number of carbonyl (C=O) groups excluding carboxylic acids is 1. The number of hydrazone groups is 1. The van der Waals surface area contributed by atoms with E-state index in [-0.39, 0.29) is 18.6 Å². The highest BCUT2D eigenvalue weighted by molar-refractivity contribution is 7.80. The molecule has 2 heterocycles. The third-order valence-corrected chi connectivity index (χ3v) is 5.07. The molecule has 0 spiro atoms. The van der Waals surface area contributed by atoms with Crippen LogP contribution in [0.3, 0.4) is 0 Å². The van der Waals surface area contributed by atoms with Crippen molar-refractivity contribution in [1.82, 2.24) is 15.6 Å². The zero-order valence-corrected chi connectivity index (χ0v) is 17.5. The average Bonchev–Trinajstić information content (AvgIpc) is 3.29. The van der Waals surface area contributed by atoms with E-state index in [1.54, 1.807) is 4.90 Å². The maximum atomic E-state index is 12.1. The number of morpholine rings is 1. The zero-order valence-electron chi connectivity index (χ0n) is 16.7. The largest absolute Gasteiger partial charge is 0.484 e. The van der Waals surface area contributed by atoms with Gasteiger partial charge in [-0.2, -0.15) is 5.10 Å². The molecule has 1 amide bonds. The number of benzene rings is 1. The number of nitrogens with one attached hydrogen (secondary N) is 2. The average molecular weight is 421 g/mol. The minimum atomic E-state index is -0.0247. The molecule has 1 atom stereocenters. The number of hydrogen-bond acceptors (Lipinski definition) is 6. The van der Waals surface area contributed by atoms with Crippen LogP contribution in [0.15, 0.2) is 29.4 Å². The third-order valence-electron chi connectivity index (χ3n) is 4.84. The van der Waals surface area contributed by atoms with Gasteiger partial charge in [-0.3, -0.25) is 10.2 Å². The van der Waals surface area contributed by atoms with Crippen molar-refractivity contribution in [1.29, 1.82) is 0 Å². The molecule has 0 aromatic heterocycles. The summed E-state index contributed by atoms with van der Waals surface area (Å²) in [5, 5.41) is 7.91. The van der Waals surface area contributed by atoms with Gasteiger partial charge in [0.1, 0.15) is 5.75 Å². The van der Waals surface area contributed by atoms with Gasteiger partial charge in [-0.1, -0.05) is 0 Å². The van der Waals surface area contributed by atoms with Crippen molar-refractivity contribution in [2.45, 2.75) is 25.9 Å². The standard InChI is InChI=1S/C20H28N4O4S/c1-15(22-23-20(29)21-13-18-3-2-10-27-18)16-4-6-17(7-5-16)28-14-19(25)24-8-11-26-12-9-24/h4-7,18H,2-3,8-14H2,1H3,(H2,21,23,29)/b22-15-/t18-/m0/s1. The van der Waals surface area contributed by atoms with Crippen LogP contribution in [-0.2, 0) is 14.3 Å². The van der Waals surface area contributed by atoms with E-state index in [1.165, 1.54) is 0 Å². The Balaban J connectivity index is 1.41. The summed E-state index contributed by atoms with van der Waals surface area (Å²) in [4.78, 5) is 13.9. The summed E-state index contributed by atoms with van der Waals surface area (Å²) in [6.45, 7) is 5.84. The SMILES string of the molecule is C/C(=N/NC(=S)NC[C@@H]1CCCO1)c1ccc(OCC(=O)N2CCOCC2)cc1. The van der Waals surface area contributed by atoms with Crippen LogP contribution in [0.5, 0.6) is 5.75 Å². The lowest BCUT2D eigenvalue weighted by Crippen LogP contribution is -2.42. The van der Waals surface area contributed by atoms with Gasteiger partial charge in [0, 0.05) is 26.2 Å². The van der Waals surface area contributed by atoms with Gasteiger partial charge in [0.2, 0.25) is 0 Å². The van der Waals surface area contributed by atoms with Crippen LogP contribution in [0.4, 0.5) is 0 Å². The van der Waals surface area contributed by atoms with Gasteiger partial charge >= 0.3 is 0 Å². The molecular weight excluding hydrogens is 392 g/mol. The maximum Gasteiger partial charge on any atom is 0.260 e. The number of rotatable bonds is 7. The van der Waals surface area contributed by atoms with Crippen LogP contribution >= 0.6 is 12.2 Å². The van der Waals surface area contributed by atoms with Crippen molar-refractivity contribution in [2.24, 2.45) is 5.10 Å². The van der Waals surface area contributed by atoms with Crippen molar-refractivity contribution >= 4 is 28.9 Å². The van der Waals surface area contributed by atoms with E-state index >= 15 is 0 Å². The van der Waals surface area contributed by atoms with Gasteiger partial charge < -0.3 is 24.4 Å². The molecule has 0 bridgehead atoms. The Bertz CT molecular complexity index is 714. The van der Waals surface area contributed by atoms with Crippen LogP contribution in [0.25, 0.3) is 0 Å². The Morgan fingerprint density at radius 2 is 2.03 bits per heavy atom. The molecule has 3 rings (SSSR count). The maximum absolute atomic E-state index is 12.1. The Hall–Kier alpha value is -2.23. The van der Waals surface area contributed by atoms with Gasteiger partial charge in [-0.15, -0.1) is 0 Å². The molecule has 8 nitrogen and oxygen atoms in total. The number of carbonyl (C=O) groups is 1. The van der Waals surface area contributed by atoms with Crippen LogP contribution in [0.1, 0.15) is 25.3 Å². The minimum Gasteiger partial charge on any atom is -0.484 e. The molecule has 158 valence electrons. The van der Waals surface area contributed by atoms with E-state index in [4.69, 9.17) is 26.4 Å². The fourth-order valence-corrected chi connectivity index (χ4v) is 3.22. The van der Waals surface area contributed by atoms with Crippen molar-refractivity contribution in [2.75, 3.05) is 46.1 Å². The van der Waals surface area contributed by atoms with Crippen molar-refractivity contribution in [3.8, 4) is 5.75 Å². The van der Waals surface area contributed by atoms with Crippen LogP contribution in [-0.4, -0.2) is 73.8 Å². The van der Waals surface area contributed by atoms with E-state index < -0.39 is 0 Å². The molecule has 9 heteroatoms.